The van der Waals surface area contributed by atoms with Crippen LogP contribution in [0.3, 0.4) is 0 Å². The monoisotopic (exact) mass is 290 g/mol. The average Bonchev–Trinajstić information content (AvgIpc) is 2.49. The van der Waals surface area contributed by atoms with E-state index in [0.717, 1.165) is 30.4 Å². The highest BCUT2D eigenvalue weighted by atomic mass is 16.5. The van der Waals surface area contributed by atoms with Crippen molar-refractivity contribution in [2.75, 3.05) is 30.3 Å². The molecular formula is C17H26N2O2. The van der Waals surface area contributed by atoms with Gasteiger partial charge in [-0.15, -0.1) is 0 Å². The number of nitrogens with two attached hydrogens (primary N) is 1. The van der Waals surface area contributed by atoms with E-state index in [9.17, 15) is 4.79 Å². The second-order valence-corrected chi connectivity index (χ2v) is 5.71. The van der Waals surface area contributed by atoms with Crippen LogP contribution in [0.1, 0.15) is 49.9 Å². The van der Waals surface area contributed by atoms with Gasteiger partial charge in [0.05, 0.1) is 23.5 Å². The van der Waals surface area contributed by atoms with Crippen LogP contribution in [0, 0.1) is 5.92 Å². The summed E-state index contributed by atoms with van der Waals surface area (Å²) in [4.78, 5) is 14.1. The van der Waals surface area contributed by atoms with Crippen molar-refractivity contribution in [1.82, 2.24) is 0 Å². The molecule has 0 radical (unpaired) electrons. The lowest BCUT2D eigenvalue weighted by atomic mass is 9.92. The summed E-state index contributed by atoms with van der Waals surface area (Å²) < 4.78 is 5.06. The number of carbonyl (C=O) groups excluding carboxylic acids is 1. The maximum Gasteiger partial charge on any atom is 0.338 e. The first-order chi connectivity index (χ1) is 10.2. The number of nitrogen functional groups attached to an aromatic ring is 1. The van der Waals surface area contributed by atoms with E-state index in [2.05, 4.69) is 11.8 Å². The molecule has 1 saturated heterocycles. The SMILES string of the molecule is CCCC1CCN(c2cc(C(=O)OCC)ccc2N)CC1. The minimum atomic E-state index is -0.278. The molecule has 2 N–H and O–H groups in total. The fraction of sp³-hybridized carbons (Fsp3) is 0.588. The fourth-order valence-electron chi connectivity index (χ4n) is 3.03. The Bertz CT molecular complexity index is 480. The summed E-state index contributed by atoms with van der Waals surface area (Å²) in [5.41, 5.74) is 8.38. The topological polar surface area (TPSA) is 55.6 Å². The zero-order chi connectivity index (χ0) is 15.2. The highest BCUT2D eigenvalue weighted by molar-refractivity contribution is 5.92. The number of piperidine rings is 1. The number of ether oxygens (including phenoxy) is 1. The summed E-state index contributed by atoms with van der Waals surface area (Å²) in [5, 5.41) is 0. The van der Waals surface area contributed by atoms with Crippen LogP contribution >= 0.6 is 0 Å². The van der Waals surface area contributed by atoms with Crippen molar-refractivity contribution >= 4 is 17.3 Å². The Hall–Kier alpha value is -1.71. The minimum absolute atomic E-state index is 0.278. The number of rotatable bonds is 5. The molecule has 1 aromatic carbocycles. The van der Waals surface area contributed by atoms with Crippen LogP contribution < -0.4 is 10.6 Å². The highest BCUT2D eigenvalue weighted by Gasteiger charge is 2.21. The predicted molar refractivity (Wildman–Crippen MR) is 86.7 cm³/mol. The molecule has 4 heteroatoms. The van der Waals surface area contributed by atoms with Crippen molar-refractivity contribution in [3.63, 3.8) is 0 Å². The third kappa shape index (κ3) is 3.90. The molecule has 0 bridgehead atoms. The first-order valence-corrected chi connectivity index (χ1v) is 7.97. The van der Waals surface area contributed by atoms with E-state index < -0.39 is 0 Å². The van der Waals surface area contributed by atoms with Gasteiger partial charge in [0, 0.05) is 13.1 Å². The second-order valence-electron chi connectivity index (χ2n) is 5.71. The van der Waals surface area contributed by atoms with E-state index in [1.165, 1.54) is 25.7 Å². The van der Waals surface area contributed by atoms with Gasteiger partial charge in [-0.25, -0.2) is 4.79 Å². The molecule has 0 amide bonds. The van der Waals surface area contributed by atoms with Gasteiger partial charge in [0.2, 0.25) is 0 Å². The zero-order valence-corrected chi connectivity index (χ0v) is 13.1. The van der Waals surface area contributed by atoms with Gasteiger partial charge in [0.25, 0.3) is 0 Å². The van der Waals surface area contributed by atoms with E-state index >= 15 is 0 Å². The summed E-state index contributed by atoms with van der Waals surface area (Å²) in [6.45, 7) is 6.48. The van der Waals surface area contributed by atoms with Crippen molar-refractivity contribution in [2.45, 2.75) is 39.5 Å². The maximum atomic E-state index is 11.8. The molecular weight excluding hydrogens is 264 g/mol. The maximum absolute atomic E-state index is 11.8. The van der Waals surface area contributed by atoms with Crippen LogP contribution in [0.15, 0.2) is 18.2 Å². The first-order valence-electron chi connectivity index (χ1n) is 7.97. The largest absolute Gasteiger partial charge is 0.462 e. The lowest BCUT2D eigenvalue weighted by Gasteiger charge is -2.34. The number of benzene rings is 1. The van der Waals surface area contributed by atoms with E-state index in [1.54, 1.807) is 12.1 Å². The Balaban J connectivity index is 2.09. The number of esters is 1. The van der Waals surface area contributed by atoms with Crippen molar-refractivity contribution < 1.29 is 9.53 Å². The zero-order valence-electron chi connectivity index (χ0n) is 13.1. The normalized spacial score (nSPS) is 16.0. The molecule has 2 rings (SSSR count). The summed E-state index contributed by atoms with van der Waals surface area (Å²) in [7, 11) is 0. The second kappa shape index (κ2) is 7.34. The smallest absolute Gasteiger partial charge is 0.338 e. The third-order valence-corrected chi connectivity index (χ3v) is 4.19. The Labute approximate surface area is 127 Å². The third-order valence-electron chi connectivity index (χ3n) is 4.19. The van der Waals surface area contributed by atoms with Crippen LogP contribution in [0.5, 0.6) is 0 Å². The lowest BCUT2D eigenvalue weighted by Crippen LogP contribution is -2.34. The van der Waals surface area contributed by atoms with Gasteiger partial charge in [-0.2, -0.15) is 0 Å². The van der Waals surface area contributed by atoms with Gasteiger partial charge >= 0.3 is 5.97 Å². The van der Waals surface area contributed by atoms with Crippen molar-refractivity contribution in [3.8, 4) is 0 Å². The average molecular weight is 290 g/mol. The summed E-state index contributed by atoms with van der Waals surface area (Å²) in [6, 6.07) is 5.41. The number of hydrogen-bond donors (Lipinski definition) is 1. The van der Waals surface area contributed by atoms with E-state index in [0.29, 0.717) is 12.2 Å². The Morgan fingerprint density at radius 1 is 1.33 bits per heavy atom. The van der Waals surface area contributed by atoms with Crippen LogP contribution in [-0.2, 0) is 4.74 Å². The molecule has 1 aliphatic rings. The molecule has 0 aliphatic carbocycles. The van der Waals surface area contributed by atoms with Gasteiger partial charge in [-0.05, 0) is 43.9 Å². The van der Waals surface area contributed by atoms with Crippen molar-refractivity contribution in [2.24, 2.45) is 5.92 Å². The van der Waals surface area contributed by atoms with Crippen molar-refractivity contribution in [3.05, 3.63) is 23.8 Å². The molecule has 0 saturated carbocycles. The summed E-state index contributed by atoms with van der Waals surface area (Å²) in [5.74, 6) is 0.556. The molecule has 0 spiro atoms. The molecule has 0 atom stereocenters. The number of nitrogens with zero attached hydrogens (tertiary/aromatic N) is 1. The van der Waals surface area contributed by atoms with E-state index in [-0.39, 0.29) is 5.97 Å². The molecule has 21 heavy (non-hydrogen) atoms. The fourth-order valence-corrected chi connectivity index (χ4v) is 3.03. The van der Waals surface area contributed by atoms with Gasteiger partial charge < -0.3 is 15.4 Å². The van der Waals surface area contributed by atoms with Crippen LogP contribution in [0.2, 0.25) is 0 Å². The predicted octanol–water partition coefficient (Wildman–Crippen LogP) is 3.46. The van der Waals surface area contributed by atoms with Gasteiger partial charge in [-0.3, -0.25) is 0 Å². The van der Waals surface area contributed by atoms with Crippen molar-refractivity contribution in [1.29, 1.82) is 0 Å². The molecule has 4 nitrogen and oxygen atoms in total. The quantitative estimate of drug-likeness (QED) is 0.666. The van der Waals surface area contributed by atoms with E-state index in [1.807, 2.05) is 13.0 Å². The van der Waals surface area contributed by atoms with E-state index in [4.69, 9.17) is 10.5 Å². The van der Waals surface area contributed by atoms with Crippen LogP contribution in [0.4, 0.5) is 11.4 Å². The number of carbonyl (C=O) groups is 1. The molecule has 1 fully saturated rings. The Kier molecular flexibility index (Phi) is 5.48. The first kappa shape index (κ1) is 15.7. The highest BCUT2D eigenvalue weighted by Crippen LogP contribution is 2.30. The van der Waals surface area contributed by atoms with Gasteiger partial charge in [-0.1, -0.05) is 19.8 Å². The van der Waals surface area contributed by atoms with Gasteiger partial charge in [0.15, 0.2) is 0 Å². The number of hydrogen-bond acceptors (Lipinski definition) is 4. The van der Waals surface area contributed by atoms with Crippen LogP contribution in [0.25, 0.3) is 0 Å². The molecule has 0 aromatic heterocycles. The molecule has 1 aliphatic heterocycles. The number of anilines is 2. The Morgan fingerprint density at radius 3 is 2.67 bits per heavy atom. The molecule has 116 valence electrons. The standard InChI is InChI=1S/C17H26N2O2/c1-3-5-13-8-10-19(11-9-13)16-12-14(6-7-15(16)18)17(20)21-4-2/h6-7,12-13H,3-5,8-11,18H2,1-2H3. The summed E-state index contributed by atoms with van der Waals surface area (Å²) in [6.07, 6.45) is 4.98. The lowest BCUT2D eigenvalue weighted by molar-refractivity contribution is 0.0526. The minimum Gasteiger partial charge on any atom is -0.462 e. The summed E-state index contributed by atoms with van der Waals surface area (Å²) >= 11 is 0. The molecule has 0 unspecified atom stereocenters. The molecule has 1 aromatic rings. The molecule has 1 heterocycles. The Morgan fingerprint density at radius 2 is 2.05 bits per heavy atom. The van der Waals surface area contributed by atoms with Gasteiger partial charge in [0.1, 0.15) is 0 Å². The van der Waals surface area contributed by atoms with Crippen LogP contribution in [-0.4, -0.2) is 25.7 Å².